The lowest BCUT2D eigenvalue weighted by Crippen LogP contribution is -2.34. The van der Waals surface area contributed by atoms with Crippen molar-refractivity contribution in [2.24, 2.45) is 0 Å². The number of phenols is 1. The van der Waals surface area contributed by atoms with Gasteiger partial charge in [-0.2, -0.15) is 0 Å². The van der Waals surface area contributed by atoms with E-state index >= 15 is 0 Å². The van der Waals surface area contributed by atoms with Crippen molar-refractivity contribution in [2.45, 2.75) is 6.92 Å². The second-order valence-electron chi connectivity index (χ2n) is 4.68. The fourth-order valence-corrected chi connectivity index (χ4v) is 2.81. The van der Waals surface area contributed by atoms with E-state index in [9.17, 15) is 9.90 Å². The molecule has 0 saturated heterocycles. The maximum absolute atomic E-state index is 12.2. The summed E-state index contributed by atoms with van der Waals surface area (Å²) in [6, 6.07) is 7.86. The summed E-state index contributed by atoms with van der Waals surface area (Å²) in [6.45, 7) is 1.87. The second-order valence-corrected chi connectivity index (χ2v) is 6.33. The molecule has 8 heteroatoms. The van der Waals surface area contributed by atoms with Crippen molar-refractivity contribution in [3.05, 3.63) is 56.5 Å². The van der Waals surface area contributed by atoms with Gasteiger partial charge < -0.3 is 10.4 Å². The van der Waals surface area contributed by atoms with Crippen LogP contribution in [-0.2, 0) is 0 Å². The molecule has 2 rings (SSSR count). The molecule has 0 aliphatic carbocycles. The molecule has 0 bridgehead atoms. The minimum Gasteiger partial charge on any atom is -0.504 e. The Hall–Kier alpha value is -1.53. The highest BCUT2D eigenvalue weighted by Crippen LogP contribution is 2.34. The third-order valence-corrected chi connectivity index (χ3v) is 3.90. The van der Waals surface area contributed by atoms with E-state index in [-0.39, 0.29) is 27.1 Å². The quantitative estimate of drug-likeness (QED) is 0.510. The number of nitrogens with one attached hydrogen (secondary N) is 2. The van der Waals surface area contributed by atoms with Crippen molar-refractivity contribution in [3.8, 4) is 5.75 Å². The van der Waals surface area contributed by atoms with Crippen molar-refractivity contribution in [1.82, 2.24) is 5.32 Å². The molecule has 4 nitrogen and oxygen atoms in total. The third-order valence-electron chi connectivity index (χ3n) is 2.87. The third kappa shape index (κ3) is 4.48. The Morgan fingerprint density at radius 2 is 1.83 bits per heavy atom. The fourth-order valence-electron chi connectivity index (χ4n) is 1.79. The normalized spacial score (nSPS) is 10.3. The topological polar surface area (TPSA) is 61.4 Å². The number of halogens is 3. The summed E-state index contributed by atoms with van der Waals surface area (Å²) in [5.41, 5.74) is 1.41. The summed E-state index contributed by atoms with van der Waals surface area (Å²) in [5.74, 6) is -0.693. The number of amides is 1. The SMILES string of the molecule is Cc1ccc(C(=O)NC(=S)Nc2cc(Cl)cc(Cl)c2O)c(Cl)c1. The lowest BCUT2D eigenvalue weighted by Gasteiger charge is -2.12. The average molecular weight is 390 g/mol. The first-order chi connectivity index (χ1) is 10.8. The first kappa shape index (κ1) is 17.8. The second kappa shape index (κ2) is 7.36. The molecule has 2 aromatic carbocycles. The summed E-state index contributed by atoms with van der Waals surface area (Å²) < 4.78 is 0. The number of hydrogen-bond acceptors (Lipinski definition) is 3. The molecule has 0 heterocycles. The molecule has 0 unspecified atom stereocenters. The van der Waals surface area contributed by atoms with E-state index < -0.39 is 5.91 Å². The zero-order valence-corrected chi connectivity index (χ0v) is 14.9. The molecule has 0 fully saturated rings. The molecule has 0 aliphatic rings. The van der Waals surface area contributed by atoms with Crippen molar-refractivity contribution < 1.29 is 9.90 Å². The maximum Gasteiger partial charge on any atom is 0.258 e. The summed E-state index contributed by atoms with van der Waals surface area (Å²) in [7, 11) is 0. The number of carbonyl (C=O) groups excluding carboxylic acids is 1. The Bertz CT molecular complexity index is 797. The van der Waals surface area contributed by atoms with Crippen LogP contribution in [0.25, 0.3) is 0 Å². The minimum absolute atomic E-state index is 0.0275. The molecular formula is C15H11Cl3N2O2S. The van der Waals surface area contributed by atoms with E-state index in [0.29, 0.717) is 10.0 Å². The molecular weight excluding hydrogens is 379 g/mol. The molecule has 0 spiro atoms. The van der Waals surface area contributed by atoms with Crippen molar-refractivity contribution in [1.29, 1.82) is 0 Å². The molecule has 2 aromatic rings. The predicted molar refractivity (Wildman–Crippen MR) is 98.0 cm³/mol. The van der Waals surface area contributed by atoms with Gasteiger partial charge in [-0.3, -0.25) is 10.1 Å². The Labute approximate surface area is 153 Å². The Morgan fingerprint density at radius 3 is 2.48 bits per heavy atom. The number of thiocarbonyl (C=S) groups is 1. The van der Waals surface area contributed by atoms with E-state index in [1.807, 2.05) is 6.92 Å². The van der Waals surface area contributed by atoms with Crippen LogP contribution in [0.2, 0.25) is 15.1 Å². The average Bonchev–Trinajstić information content (AvgIpc) is 2.43. The van der Waals surface area contributed by atoms with Gasteiger partial charge in [0.2, 0.25) is 0 Å². The molecule has 23 heavy (non-hydrogen) atoms. The summed E-state index contributed by atoms with van der Waals surface area (Å²) in [5, 5.41) is 15.6. The summed E-state index contributed by atoms with van der Waals surface area (Å²) >= 11 is 22.8. The zero-order valence-electron chi connectivity index (χ0n) is 11.8. The summed E-state index contributed by atoms with van der Waals surface area (Å²) in [4.78, 5) is 12.2. The van der Waals surface area contributed by atoms with Gasteiger partial charge >= 0.3 is 0 Å². The van der Waals surface area contributed by atoms with Gasteiger partial charge in [-0.05, 0) is 49.0 Å². The molecule has 3 N–H and O–H groups in total. The van der Waals surface area contributed by atoms with Crippen molar-refractivity contribution in [2.75, 3.05) is 5.32 Å². The fraction of sp³-hybridized carbons (Fsp3) is 0.0667. The number of phenolic OH excluding ortho intramolecular Hbond substituents is 1. The Kier molecular flexibility index (Phi) is 5.70. The number of aryl methyl sites for hydroxylation is 1. The van der Waals surface area contributed by atoms with E-state index in [1.54, 1.807) is 18.2 Å². The van der Waals surface area contributed by atoms with Crippen LogP contribution in [0.3, 0.4) is 0 Å². The van der Waals surface area contributed by atoms with Gasteiger partial charge in [0.1, 0.15) is 0 Å². The minimum atomic E-state index is -0.472. The highest BCUT2D eigenvalue weighted by molar-refractivity contribution is 7.80. The monoisotopic (exact) mass is 388 g/mol. The molecule has 0 saturated carbocycles. The standard InChI is InChI=1S/C15H11Cl3N2O2S/c1-7-2-3-9(10(17)4-7)14(22)20-15(23)19-12-6-8(16)5-11(18)13(12)21/h2-6,21H,1H3,(H2,19,20,22,23). The van der Waals surface area contributed by atoms with Crippen molar-refractivity contribution >= 4 is 63.7 Å². The summed E-state index contributed by atoms with van der Waals surface area (Å²) in [6.07, 6.45) is 0. The molecule has 1 amide bonds. The molecule has 0 aliphatic heterocycles. The van der Waals surface area contributed by atoms with Crippen LogP contribution in [0.5, 0.6) is 5.75 Å². The van der Waals surface area contributed by atoms with Gasteiger partial charge in [-0.1, -0.05) is 40.9 Å². The number of aromatic hydroxyl groups is 1. The van der Waals surface area contributed by atoms with Crippen LogP contribution in [0.4, 0.5) is 5.69 Å². The van der Waals surface area contributed by atoms with Gasteiger partial charge in [0.15, 0.2) is 10.9 Å². The molecule has 0 radical (unpaired) electrons. The van der Waals surface area contributed by atoms with E-state index in [1.165, 1.54) is 12.1 Å². The van der Waals surface area contributed by atoms with Gasteiger partial charge in [0, 0.05) is 5.02 Å². The van der Waals surface area contributed by atoms with Crippen LogP contribution >= 0.6 is 47.0 Å². The number of benzene rings is 2. The number of carbonyl (C=O) groups is 1. The first-order valence-corrected chi connectivity index (χ1v) is 7.88. The predicted octanol–water partition coefficient (Wildman–Crippen LogP) is 4.79. The van der Waals surface area contributed by atoms with Gasteiger partial charge in [-0.25, -0.2) is 0 Å². The number of rotatable bonds is 2. The van der Waals surface area contributed by atoms with Crippen LogP contribution in [-0.4, -0.2) is 16.1 Å². The van der Waals surface area contributed by atoms with Gasteiger partial charge in [0.25, 0.3) is 5.91 Å². The lowest BCUT2D eigenvalue weighted by atomic mass is 10.1. The van der Waals surface area contributed by atoms with E-state index in [4.69, 9.17) is 47.0 Å². The highest BCUT2D eigenvalue weighted by Gasteiger charge is 2.14. The molecule has 0 aromatic heterocycles. The van der Waals surface area contributed by atoms with Crippen molar-refractivity contribution in [3.63, 3.8) is 0 Å². The zero-order chi connectivity index (χ0) is 17.1. The maximum atomic E-state index is 12.2. The van der Waals surface area contributed by atoms with Crippen LogP contribution in [0.15, 0.2) is 30.3 Å². The smallest absolute Gasteiger partial charge is 0.258 e. The van der Waals surface area contributed by atoms with Crippen LogP contribution < -0.4 is 10.6 Å². The van der Waals surface area contributed by atoms with Crippen LogP contribution in [0.1, 0.15) is 15.9 Å². The highest BCUT2D eigenvalue weighted by atomic mass is 35.5. The largest absolute Gasteiger partial charge is 0.504 e. The molecule has 120 valence electrons. The van der Waals surface area contributed by atoms with E-state index in [2.05, 4.69) is 10.6 Å². The first-order valence-electron chi connectivity index (χ1n) is 6.34. The van der Waals surface area contributed by atoms with Gasteiger partial charge in [-0.15, -0.1) is 0 Å². The van der Waals surface area contributed by atoms with Gasteiger partial charge in [0.05, 0.1) is 21.3 Å². The lowest BCUT2D eigenvalue weighted by molar-refractivity contribution is 0.0978. The van der Waals surface area contributed by atoms with E-state index in [0.717, 1.165) is 5.56 Å². The van der Waals surface area contributed by atoms with Crippen LogP contribution in [0, 0.1) is 6.92 Å². The number of hydrogen-bond donors (Lipinski definition) is 3. The molecule has 0 atom stereocenters. The number of anilines is 1. The Morgan fingerprint density at radius 1 is 1.13 bits per heavy atom. The Balaban J connectivity index is 2.12.